The summed E-state index contributed by atoms with van der Waals surface area (Å²) in [5.41, 5.74) is 6.72. The molecule has 0 unspecified atom stereocenters. The normalized spacial score (nSPS) is 11.1. The van der Waals surface area contributed by atoms with Gasteiger partial charge in [0, 0.05) is 10.6 Å². The van der Waals surface area contributed by atoms with E-state index in [0.29, 0.717) is 16.5 Å². The highest BCUT2D eigenvalue weighted by Gasteiger charge is 2.10. The predicted molar refractivity (Wildman–Crippen MR) is 83.9 cm³/mol. The number of anilines is 1. The minimum atomic E-state index is -0.689. The van der Waals surface area contributed by atoms with Crippen LogP contribution in [-0.2, 0) is 0 Å². The van der Waals surface area contributed by atoms with Crippen molar-refractivity contribution in [3.8, 4) is 10.7 Å². The molecule has 0 spiro atoms. The molecule has 0 saturated carbocycles. The molecule has 0 amide bonds. The van der Waals surface area contributed by atoms with Gasteiger partial charge in [0.2, 0.25) is 5.95 Å². The van der Waals surface area contributed by atoms with Crippen LogP contribution in [0.2, 0.25) is 0 Å². The number of alkyl halides is 1. The highest BCUT2D eigenvalue weighted by Crippen LogP contribution is 2.32. The van der Waals surface area contributed by atoms with Gasteiger partial charge in [-0.05, 0) is 30.3 Å². The first-order chi connectivity index (χ1) is 10.2. The molecule has 7 heteroatoms. The topological polar surface area (TPSA) is 51.8 Å². The number of fused-ring (bicyclic) bond motifs is 1. The average molecular weight is 323 g/mol. The number of hydrogen-bond donors (Lipinski definition) is 1. The largest absolute Gasteiger partial charge is 0.395 e. The van der Waals surface area contributed by atoms with Gasteiger partial charge in [-0.15, -0.1) is 23.1 Å². The van der Waals surface area contributed by atoms with Gasteiger partial charge in [-0.2, -0.15) is 4.39 Å². The van der Waals surface area contributed by atoms with Crippen LogP contribution in [-0.4, -0.2) is 22.4 Å². The van der Waals surface area contributed by atoms with Crippen LogP contribution in [0.3, 0.4) is 0 Å². The SMILES string of the molecule is Nc1ccc(-c2nc3ccc(SCCF)cc3s2)nc1F. The van der Waals surface area contributed by atoms with Gasteiger partial charge in [0.1, 0.15) is 10.7 Å². The number of halogens is 2. The highest BCUT2D eigenvalue weighted by molar-refractivity contribution is 7.99. The predicted octanol–water partition coefficient (Wildman–Crippen LogP) is 4.14. The molecule has 108 valence electrons. The molecule has 2 N–H and O–H groups in total. The zero-order valence-electron chi connectivity index (χ0n) is 10.8. The monoisotopic (exact) mass is 323 g/mol. The van der Waals surface area contributed by atoms with E-state index >= 15 is 0 Å². The molecule has 0 saturated heterocycles. The van der Waals surface area contributed by atoms with Crippen LogP contribution in [0.15, 0.2) is 35.2 Å². The van der Waals surface area contributed by atoms with Crippen LogP contribution in [0, 0.1) is 5.95 Å². The Morgan fingerprint density at radius 3 is 2.81 bits per heavy atom. The van der Waals surface area contributed by atoms with Crippen molar-refractivity contribution in [3.63, 3.8) is 0 Å². The molecule has 3 nitrogen and oxygen atoms in total. The number of nitrogens with two attached hydrogens (primary N) is 1. The van der Waals surface area contributed by atoms with Crippen LogP contribution in [0.25, 0.3) is 20.9 Å². The van der Waals surface area contributed by atoms with Crippen LogP contribution in [0.1, 0.15) is 0 Å². The Labute approximate surface area is 128 Å². The number of aromatic nitrogens is 2. The van der Waals surface area contributed by atoms with Gasteiger partial charge < -0.3 is 5.73 Å². The molecule has 21 heavy (non-hydrogen) atoms. The zero-order chi connectivity index (χ0) is 14.8. The van der Waals surface area contributed by atoms with Crippen molar-refractivity contribution in [2.75, 3.05) is 18.2 Å². The summed E-state index contributed by atoms with van der Waals surface area (Å²) in [6, 6.07) is 8.87. The van der Waals surface area contributed by atoms with Crippen LogP contribution < -0.4 is 5.73 Å². The molecule has 2 aromatic heterocycles. The van der Waals surface area contributed by atoms with Crippen molar-refractivity contribution in [3.05, 3.63) is 36.3 Å². The summed E-state index contributed by atoms with van der Waals surface area (Å²) in [5, 5.41) is 0.636. The van der Waals surface area contributed by atoms with E-state index in [0.717, 1.165) is 15.1 Å². The van der Waals surface area contributed by atoms with Gasteiger partial charge in [-0.3, -0.25) is 4.39 Å². The van der Waals surface area contributed by atoms with Crippen molar-refractivity contribution < 1.29 is 8.78 Å². The number of nitrogen functional groups attached to an aromatic ring is 1. The second-order valence-electron chi connectivity index (χ2n) is 4.26. The van der Waals surface area contributed by atoms with E-state index in [1.165, 1.54) is 29.2 Å². The van der Waals surface area contributed by atoms with Crippen molar-refractivity contribution >= 4 is 39.0 Å². The summed E-state index contributed by atoms with van der Waals surface area (Å²) in [4.78, 5) is 9.24. The summed E-state index contributed by atoms with van der Waals surface area (Å²) in [5.74, 6) is -0.257. The lowest BCUT2D eigenvalue weighted by molar-refractivity contribution is 0.533. The molecule has 3 rings (SSSR count). The molecule has 0 atom stereocenters. The second kappa shape index (κ2) is 5.95. The molecule has 0 aliphatic rings. The molecule has 0 bridgehead atoms. The smallest absolute Gasteiger partial charge is 0.236 e. The van der Waals surface area contributed by atoms with Crippen molar-refractivity contribution in [1.82, 2.24) is 9.97 Å². The van der Waals surface area contributed by atoms with E-state index in [4.69, 9.17) is 5.73 Å². The number of nitrogens with zero attached hydrogens (tertiary/aromatic N) is 2. The Hall–Kier alpha value is -1.73. The number of benzene rings is 1. The van der Waals surface area contributed by atoms with Gasteiger partial charge >= 0.3 is 0 Å². The first-order valence-corrected chi connectivity index (χ1v) is 7.99. The third kappa shape index (κ3) is 2.98. The van der Waals surface area contributed by atoms with Crippen molar-refractivity contribution in [2.45, 2.75) is 4.90 Å². The van der Waals surface area contributed by atoms with E-state index in [9.17, 15) is 8.78 Å². The number of thioether (sulfide) groups is 1. The van der Waals surface area contributed by atoms with Crippen molar-refractivity contribution in [2.24, 2.45) is 0 Å². The fourth-order valence-electron chi connectivity index (χ4n) is 1.82. The quantitative estimate of drug-likeness (QED) is 0.579. The summed E-state index contributed by atoms with van der Waals surface area (Å²) in [6.07, 6.45) is 0. The Morgan fingerprint density at radius 1 is 1.19 bits per heavy atom. The highest BCUT2D eigenvalue weighted by atomic mass is 32.2. The summed E-state index contributed by atoms with van der Waals surface area (Å²) >= 11 is 2.88. The Kier molecular flexibility index (Phi) is 4.03. The van der Waals surface area contributed by atoms with E-state index in [2.05, 4.69) is 9.97 Å². The van der Waals surface area contributed by atoms with Crippen LogP contribution in [0.5, 0.6) is 0 Å². The fraction of sp³-hybridized carbons (Fsp3) is 0.143. The average Bonchev–Trinajstić information content (AvgIpc) is 2.91. The van der Waals surface area contributed by atoms with Gasteiger partial charge in [0.05, 0.1) is 22.6 Å². The Morgan fingerprint density at radius 2 is 2.05 bits per heavy atom. The van der Waals surface area contributed by atoms with E-state index in [-0.39, 0.29) is 12.4 Å². The first kappa shape index (κ1) is 14.2. The van der Waals surface area contributed by atoms with Crippen molar-refractivity contribution in [1.29, 1.82) is 0 Å². The lowest BCUT2D eigenvalue weighted by Gasteiger charge is -1.97. The summed E-state index contributed by atoms with van der Waals surface area (Å²) < 4.78 is 26.6. The lowest BCUT2D eigenvalue weighted by Crippen LogP contribution is -1.94. The Bertz CT molecular complexity index is 789. The third-order valence-electron chi connectivity index (χ3n) is 2.80. The minimum Gasteiger partial charge on any atom is -0.395 e. The maximum Gasteiger partial charge on any atom is 0.236 e. The van der Waals surface area contributed by atoms with Gasteiger partial charge in [0.15, 0.2) is 0 Å². The number of rotatable bonds is 4. The van der Waals surface area contributed by atoms with E-state index in [1.54, 1.807) is 6.07 Å². The molecular weight excluding hydrogens is 312 g/mol. The van der Waals surface area contributed by atoms with E-state index < -0.39 is 5.95 Å². The second-order valence-corrected chi connectivity index (χ2v) is 6.46. The maximum absolute atomic E-state index is 13.4. The minimum absolute atomic E-state index is 0.0183. The molecule has 0 radical (unpaired) electrons. The molecule has 0 fully saturated rings. The molecule has 0 aliphatic carbocycles. The number of hydrogen-bond acceptors (Lipinski definition) is 5. The molecule has 1 aromatic carbocycles. The molecule has 3 aromatic rings. The van der Waals surface area contributed by atoms with Crippen LogP contribution in [0.4, 0.5) is 14.5 Å². The lowest BCUT2D eigenvalue weighted by atomic mass is 10.3. The van der Waals surface area contributed by atoms with Gasteiger partial charge in [-0.1, -0.05) is 0 Å². The third-order valence-corrected chi connectivity index (χ3v) is 4.79. The first-order valence-electron chi connectivity index (χ1n) is 6.19. The van der Waals surface area contributed by atoms with Gasteiger partial charge in [0.25, 0.3) is 0 Å². The zero-order valence-corrected chi connectivity index (χ0v) is 12.5. The summed E-state index contributed by atoms with van der Waals surface area (Å²) in [7, 11) is 0. The van der Waals surface area contributed by atoms with Gasteiger partial charge in [-0.25, -0.2) is 9.97 Å². The fourth-order valence-corrected chi connectivity index (χ4v) is 3.55. The molecule has 2 heterocycles. The Balaban J connectivity index is 1.98. The maximum atomic E-state index is 13.4. The number of thiazole rings is 1. The van der Waals surface area contributed by atoms with E-state index in [1.807, 2.05) is 18.2 Å². The number of pyridine rings is 1. The standard InChI is InChI=1S/C14H11F2N3S2/c15-5-6-20-8-1-3-10-12(7-8)21-14(19-10)11-4-2-9(17)13(16)18-11/h1-4,7H,5-6,17H2. The molecule has 0 aliphatic heterocycles. The summed E-state index contributed by atoms with van der Waals surface area (Å²) in [6.45, 7) is -0.356. The molecular formula is C14H11F2N3S2. The van der Waals surface area contributed by atoms with Crippen LogP contribution >= 0.6 is 23.1 Å².